The average molecular weight is 472 g/mol. The number of sulfonamides is 1. The molecule has 1 aliphatic heterocycles. The van der Waals surface area contributed by atoms with E-state index >= 15 is 0 Å². The van der Waals surface area contributed by atoms with Crippen molar-refractivity contribution in [3.63, 3.8) is 0 Å². The highest BCUT2D eigenvalue weighted by molar-refractivity contribution is 7.92. The Hall–Kier alpha value is -3.90. The molecule has 1 aromatic heterocycles. The number of hydrogen-bond donors (Lipinski definition) is 3. The number of pyridine rings is 1. The monoisotopic (exact) mass is 472 g/mol. The van der Waals surface area contributed by atoms with Crippen LogP contribution in [-0.2, 0) is 16.6 Å². The van der Waals surface area contributed by atoms with E-state index in [1.54, 1.807) is 16.4 Å². The lowest BCUT2D eigenvalue weighted by Crippen LogP contribution is -2.38. The number of carbonyl (C=O) groups excluding carboxylic acids is 1. The first-order valence-corrected chi connectivity index (χ1v) is 11.3. The Morgan fingerprint density at radius 1 is 1.15 bits per heavy atom. The van der Waals surface area contributed by atoms with E-state index in [9.17, 15) is 22.8 Å². The van der Waals surface area contributed by atoms with Crippen molar-refractivity contribution >= 4 is 33.2 Å². The number of fused-ring (bicyclic) bond motifs is 1. The molecule has 0 atom stereocenters. The highest BCUT2D eigenvalue weighted by Gasteiger charge is 2.25. The third-order valence-electron chi connectivity index (χ3n) is 4.94. The standard InChI is InChI=1S/C21H19FN5O5S/c1-2-27-12-16-18(9-10-23-20(16)24-21(27)28)32-19-8-5-14(11-17(19)22)26-33(30,31)15-6-3-13(25-29)4-7-15/h3-11,25-26H,2,12H2,1H3,(H,23,24,28)/q-1. The van der Waals surface area contributed by atoms with Crippen LogP contribution in [0.25, 0.3) is 0 Å². The molecule has 2 amide bonds. The van der Waals surface area contributed by atoms with Gasteiger partial charge in [0.05, 0.1) is 22.7 Å². The molecule has 10 nitrogen and oxygen atoms in total. The topological polar surface area (TPSA) is 136 Å². The summed E-state index contributed by atoms with van der Waals surface area (Å²) < 4.78 is 47.8. The van der Waals surface area contributed by atoms with Crippen LogP contribution in [-0.4, -0.2) is 30.9 Å². The molecular weight excluding hydrogens is 453 g/mol. The van der Waals surface area contributed by atoms with Crippen molar-refractivity contribution in [2.45, 2.75) is 18.4 Å². The molecule has 2 heterocycles. The van der Waals surface area contributed by atoms with Crippen molar-refractivity contribution in [3.05, 3.63) is 71.3 Å². The van der Waals surface area contributed by atoms with Gasteiger partial charge in [-0.25, -0.2) is 22.6 Å². The predicted molar refractivity (Wildman–Crippen MR) is 120 cm³/mol. The zero-order chi connectivity index (χ0) is 23.6. The summed E-state index contributed by atoms with van der Waals surface area (Å²) in [6.45, 7) is 2.55. The third-order valence-corrected chi connectivity index (χ3v) is 6.34. The second-order valence-corrected chi connectivity index (χ2v) is 8.74. The van der Waals surface area contributed by atoms with Crippen molar-refractivity contribution in [2.24, 2.45) is 0 Å². The molecule has 0 radical (unpaired) electrons. The number of rotatable bonds is 7. The molecule has 4 rings (SSSR count). The van der Waals surface area contributed by atoms with E-state index in [2.05, 4.69) is 15.0 Å². The number of amides is 2. The van der Waals surface area contributed by atoms with E-state index in [1.807, 2.05) is 6.92 Å². The average Bonchev–Trinajstić information content (AvgIpc) is 2.80. The summed E-state index contributed by atoms with van der Waals surface area (Å²) in [5, 5.41) is 13.3. The van der Waals surface area contributed by atoms with Crippen molar-refractivity contribution in [2.75, 3.05) is 22.1 Å². The van der Waals surface area contributed by atoms with Gasteiger partial charge in [-0.1, -0.05) is 0 Å². The van der Waals surface area contributed by atoms with Crippen molar-refractivity contribution in [1.82, 2.24) is 9.88 Å². The van der Waals surface area contributed by atoms with Crippen LogP contribution in [0.5, 0.6) is 11.5 Å². The van der Waals surface area contributed by atoms with Gasteiger partial charge in [-0.2, -0.15) is 0 Å². The molecule has 1 aliphatic rings. The van der Waals surface area contributed by atoms with Crippen LogP contribution in [0, 0.1) is 11.0 Å². The van der Waals surface area contributed by atoms with Crippen molar-refractivity contribution < 1.29 is 22.3 Å². The van der Waals surface area contributed by atoms with Gasteiger partial charge >= 0.3 is 6.03 Å². The Morgan fingerprint density at radius 3 is 2.55 bits per heavy atom. The van der Waals surface area contributed by atoms with Gasteiger partial charge < -0.3 is 20.3 Å². The molecule has 0 unspecified atom stereocenters. The maximum Gasteiger partial charge on any atom is 0.323 e. The number of carbonyl (C=O) groups is 1. The molecule has 0 aliphatic carbocycles. The Balaban J connectivity index is 1.54. The molecule has 0 saturated carbocycles. The van der Waals surface area contributed by atoms with E-state index in [0.29, 0.717) is 23.7 Å². The van der Waals surface area contributed by atoms with Gasteiger partial charge in [0.2, 0.25) is 0 Å². The fourth-order valence-electron chi connectivity index (χ4n) is 3.21. The van der Waals surface area contributed by atoms with Gasteiger partial charge in [0.25, 0.3) is 10.0 Å². The number of urea groups is 1. The number of ether oxygens (including phenoxy) is 1. The molecule has 0 bridgehead atoms. The summed E-state index contributed by atoms with van der Waals surface area (Å²) in [6, 6.07) is 10.1. The summed E-state index contributed by atoms with van der Waals surface area (Å²) in [5.41, 5.74) is 2.46. The van der Waals surface area contributed by atoms with Crippen LogP contribution >= 0.6 is 0 Å². The number of anilines is 3. The first-order valence-electron chi connectivity index (χ1n) is 9.83. The minimum Gasteiger partial charge on any atom is -0.761 e. The predicted octanol–water partition coefficient (Wildman–Crippen LogP) is 4.09. The zero-order valence-corrected chi connectivity index (χ0v) is 18.1. The Kier molecular flexibility index (Phi) is 6.03. The van der Waals surface area contributed by atoms with E-state index in [1.165, 1.54) is 42.6 Å². The fourth-order valence-corrected chi connectivity index (χ4v) is 4.26. The number of hydrogen-bond acceptors (Lipinski definition) is 7. The van der Waals surface area contributed by atoms with Crippen LogP contribution < -0.4 is 20.3 Å². The number of halogens is 1. The maximum atomic E-state index is 14.8. The molecule has 12 heteroatoms. The number of nitrogens with one attached hydrogen (secondary N) is 3. The van der Waals surface area contributed by atoms with Gasteiger partial charge in [0.15, 0.2) is 11.6 Å². The van der Waals surface area contributed by atoms with E-state index in [-0.39, 0.29) is 34.6 Å². The zero-order valence-electron chi connectivity index (χ0n) is 17.3. The minimum atomic E-state index is -3.99. The summed E-state index contributed by atoms with van der Waals surface area (Å²) in [7, 11) is -3.99. The number of nitrogens with zero attached hydrogens (tertiary/aromatic N) is 2. The summed E-state index contributed by atoms with van der Waals surface area (Å²) in [4.78, 5) is 17.6. The SMILES string of the molecule is CCN1Cc2c(Oc3ccc(NS(=O)(=O)c4ccc(N[O-])cc4)cc3F)ccnc2NC1=O. The molecule has 3 N–H and O–H groups in total. The Bertz CT molecular complexity index is 1300. The van der Waals surface area contributed by atoms with Gasteiger partial charge in [-0.05, 0) is 49.4 Å². The Labute approximate surface area is 189 Å². The van der Waals surface area contributed by atoms with Crippen LogP contribution in [0.15, 0.2) is 59.6 Å². The van der Waals surface area contributed by atoms with Crippen molar-refractivity contribution in [3.8, 4) is 11.5 Å². The van der Waals surface area contributed by atoms with Gasteiger partial charge in [0.1, 0.15) is 11.6 Å². The van der Waals surface area contributed by atoms with Crippen LogP contribution in [0.3, 0.4) is 0 Å². The largest absolute Gasteiger partial charge is 0.761 e. The highest BCUT2D eigenvalue weighted by Crippen LogP contribution is 2.34. The first kappa shape index (κ1) is 22.3. The molecule has 33 heavy (non-hydrogen) atoms. The third kappa shape index (κ3) is 4.66. The second kappa shape index (κ2) is 8.92. The Morgan fingerprint density at radius 2 is 1.88 bits per heavy atom. The number of aromatic nitrogens is 1. The van der Waals surface area contributed by atoms with E-state index in [0.717, 1.165) is 6.07 Å². The van der Waals surface area contributed by atoms with Crippen LogP contribution in [0.2, 0.25) is 0 Å². The summed E-state index contributed by atoms with van der Waals surface area (Å²) in [5.74, 6) is -0.265. The van der Waals surface area contributed by atoms with E-state index < -0.39 is 15.8 Å². The summed E-state index contributed by atoms with van der Waals surface area (Å²) >= 11 is 0. The number of benzene rings is 2. The van der Waals surface area contributed by atoms with E-state index in [4.69, 9.17) is 4.74 Å². The summed E-state index contributed by atoms with van der Waals surface area (Å²) in [6.07, 6.45) is 1.43. The molecule has 0 spiro atoms. The molecular formula is C21H19FN5O5S-. The lowest BCUT2D eigenvalue weighted by atomic mass is 10.2. The van der Waals surface area contributed by atoms with Crippen molar-refractivity contribution in [1.29, 1.82) is 0 Å². The minimum absolute atomic E-state index is 0.00736. The molecule has 2 aromatic carbocycles. The normalized spacial score (nSPS) is 13.2. The molecule has 3 aromatic rings. The molecule has 0 saturated heterocycles. The lowest BCUT2D eigenvalue weighted by Gasteiger charge is -2.28. The van der Waals surface area contributed by atoms with Gasteiger partial charge in [0, 0.05) is 24.5 Å². The quantitative estimate of drug-likeness (QED) is 0.441. The highest BCUT2D eigenvalue weighted by atomic mass is 32.2. The fraction of sp³-hybridized carbons (Fsp3) is 0.143. The molecule has 0 fully saturated rings. The van der Waals surface area contributed by atoms with Gasteiger partial charge in [-0.3, -0.25) is 10.0 Å². The van der Waals surface area contributed by atoms with Gasteiger partial charge in [-0.15, -0.1) is 0 Å². The van der Waals surface area contributed by atoms with Crippen LogP contribution in [0.4, 0.5) is 26.4 Å². The molecule has 172 valence electrons. The van der Waals surface area contributed by atoms with Crippen LogP contribution in [0.1, 0.15) is 12.5 Å². The maximum absolute atomic E-state index is 14.8. The second-order valence-electron chi connectivity index (χ2n) is 7.06. The lowest BCUT2D eigenvalue weighted by molar-refractivity contribution is 0.209. The smallest absolute Gasteiger partial charge is 0.323 e. The first-order chi connectivity index (χ1) is 15.8.